The van der Waals surface area contributed by atoms with Gasteiger partial charge in [0.2, 0.25) is 11.8 Å². The highest BCUT2D eigenvalue weighted by Crippen LogP contribution is 2.26. The van der Waals surface area contributed by atoms with Gasteiger partial charge in [-0.15, -0.1) is 0 Å². The molecule has 3 aromatic rings. The Morgan fingerprint density at radius 3 is 2.55 bits per heavy atom. The first-order valence-electron chi connectivity index (χ1n) is 8.96. The van der Waals surface area contributed by atoms with E-state index in [2.05, 4.69) is 20.6 Å². The number of hydrogen-bond acceptors (Lipinski definition) is 7. The van der Waals surface area contributed by atoms with Crippen molar-refractivity contribution in [3.05, 3.63) is 70.5 Å². The zero-order chi connectivity index (χ0) is 20.8. The van der Waals surface area contributed by atoms with Crippen molar-refractivity contribution < 1.29 is 9.31 Å². The highest BCUT2D eigenvalue weighted by molar-refractivity contribution is 5.68. The quantitative estimate of drug-likeness (QED) is 0.440. The molecule has 1 aromatic heterocycles. The molecule has 1 heterocycles. The number of rotatable bonds is 8. The van der Waals surface area contributed by atoms with Gasteiger partial charge in [0.25, 0.3) is 0 Å². The first-order chi connectivity index (χ1) is 13.9. The molecule has 8 nitrogen and oxygen atoms in total. The number of likely N-dealkylation sites (N-methyl/N-ethyl adjacent to an activating group) is 1. The summed E-state index contributed by atoms with van der Waals surface area (Å²) in [5, 5.41) is 17.2. The Hall–Kier alpha value is -3.59. The molecular formula is C20H21FN6O2. The summed E-state index contributed by atoms with van der Waals surface area (Å²) in [7, 11) is 3.94. The van der Waals surface area contributed by atoms with Crippen molar-refractivity contribution in [2.24, 2.45) is 0 Å². The molecule has 0 fully saturated rings. The molecule has 2 aromatic carbocycles. The Labute approximate surface area is 167 Å². The number of nitro benzene ring substituents is 1. The van der Waals surface area contributed by atoms with Crippen LogP contribution in [0, 0.1) is 15.9 Å². The van der Waals surface area contributed by atoms with Gasteiger partial charge in [-0.1, -0.05) is 30.3 Å². The van der Waals surface area contributed by atoms with Gasteiger partial charge in [0.15, 0.2) is 0 Å². The van der Waals surface area contributed by atoms with Gasteiger partial charge in [0.1, 0.15) is 5.82 Å². The lowest BCUT2D eigenvalue weighted by atomic mass is 10.1. The maximum atomic E-state index is 13.6. The van der Waals surface area contributed by atoms with Gasteiger partial charge in [0, 0.05) is 36.5 Å². The third-order valence-electron chi connectivity index (χ3n) is 4.05. The highest BCUT2D eigenvalue weighted by atomic mass is 19.1. The zero-order valence-electron chi connectivity index (χ0n) is 16.1. The van der Waals surface area contributed by atoms with Gasteiger partial charge < -0.3 is 15.5 Å². The Kier molecular flexibility index (Phi) is 6.30. The fourth-order valence-electron chi connectivity index (χ4n) is 2.62. The van der Waals surface area contributed by atoms with E-state index in [-0.39, 0.29) is 0 Å². The number of hydrogen-bond donors (Lipinski definition) is 2. The summed E-state index contributed by atoms with van der Waals surface area (Å²) in [6.45, 7) is 1.44. The van der Waals surface area contributed by atoms with Crippen LogP contribution >= 0.6 is 0 Å². The summed E-state index contributed by atoms with van der Waals surface area (Å²) in [5.41, 5.74) is 1.34. The van der Waals surface area contributed by atoms with E-state index < -0.39 is 16.4 Å². The summed E-state index contributed by atoms with van der Waals surface area (Å²) in [4.78, 5) is 21.2. The molecule has 9 heteroatoms. The van der Waals surface area contributed by atoms with Crippen molar-refractivity contribution in [2.45, 2.75) is 0 Å². The summed E-state index contributed by atoms with van der Waals surface area (Å²) < 4.78 is 13.6. The van der Waals surface area contributed by atoms with E-state index in [9.17, 15) is 14.5 Å². The van der Waals surface area contributed by atoms with Crippen LogP contribution in [-0.4, -0.2) is 47.0 Å². The molecule has 0 aliphatic heterocycles. The topological polar surface area (TPSA) is 96.2 Å². The second-order valence-corrected chi connectivity index (χ2v) is 6.61. The van der Waals surface area contributed by atoms with Crippen molar-refractivity contribution in [2.75, 3.05) is 37.8 Å². The normalized spacial score (nSPS) is 10.8. The third kappa shape index (κ3) is 5.45. The number of halogens is 1. The van der Waals surface area contributed by atoms with Gasteiger partial charge >= 0.3 is 5.69 Å². The van der Waals surface area contributed by atoms with Crippen molar-refractivity contribution in [3.63, 3.8) is 0 Å². The van der Waals surface area contributed by atoms with E-state index in [0.717, 1.165) is 24.2 Å². The minimum atomic E-state index is -0.890. The predicted molar refractivity (Wildman–Crippen MR) is 111 cm³/mol. The van der Waals surface area contributed by atoms with Gasteiger partial charge in [-0.25, -0.2) is 4.98 Å². The average Bonchev–Trinajstić information content (AvgIpc) is 2.69. The van der Waals surface area contributed by atoms with Crippen LogP contribution < -0.4 is 10.6 Å². The second kappa shape index (κ2) is 9.07. The molecule has 0 amide bonds. The fourth-order valence-corrected chi connectivity index (χ4v) is 2.62. The van der Waals surface area contributed by atoms with E-state index in [1.54, 1.807) is 6.07 Å². The summed E-state index contributed by atoms with van der Waals surface area (Å²) in [6, 6.07) is 14.9. The van der Waals surface area contributed by atoms with Crippen molar-refractivity contribution >= 4 is 23.1 Å². The lowest BCUT2D eigenvalue weighted by Gasteiger charge is -2.13. The molecule has 0 radical (unpaired) electrons. The number of nitrogens with one attached hydrogen (secondary N) is 2. The van der Waals surface area contributed by atoms with Crippen molar-refractivity contribution in [1.29, 1.82) is 0 Å². The van der Waals surface area contributed by atoms with E-state index in [0.29, 0.717) is 29.7 Å². The molecule has 0 unspecified atom stereocenters. The predicted octanol–water partition coefficient (Wildman–Crippen LogP) is 3.91. The summed E-state index contributed by atoms with van der Waals surface area (Å²) in [5.74, 6) is -0.0290. The molecule has 0 saturated carbocycles. The zero-order valence-corrected chi connectivity index (χ0v) is 16.1. The molecule has 0 saturated heterocycles. The molecule has 29 heavy (non-hydrogen) atoms. The molecule has 150 valence electrons. The molecule has 0 atom stereocenters. The average molecular weight is 396 g/mol. The Morgan fingerprint density at radius 1 is 1.10 bits per heavy atom. The first kappa shape index (κ1) is 20.2. The summed E-state index contributed by atoms with van der Waals surface area (Å²) >= 11 is 0. The van der Waals surface area contributed by atoms with E-state index in [1.165, 1.54) is 6.07 Å². The Balaban J connectivity index is 1.92. The van der Waals surface area contributed by atoms with Crippen LogP contribution in [0.25, 0.3) is 11.3 Å². The second-order valence-electron chi connectivity index (χ2n) is 6.61. The summed E-state index contributed by atoms with van der Waals surface area (Å²) in [6.07, 6.45) is 0. The van der Waals surface area contributed by atoms with Crippen LogP contribution in [0.1, 0.15) is 0 Å². The number of nitrogens with zero attached hydrogens (tertiary/aromatic N) is 4. The fraction of sp³-hybridized carbons (Fsp3) is 0.200. The van der Waals surface area contributed by atoms with Crippen LogP contribution in [0.2, 0.25) is 0 Å². The standard InChI is InChI=1S/C20H21FN6O2/c1-26(2)11-10-22-20-24-17(14-6-4-3-5-7-14)13-19(25-20)23-15-8-9-16(21)18(12-15)27(28)29/h3-9,12-13H,10-11H2,1-2H3,(H2,22,23,24,25). The monoisotopic (exact) mass is 396 g/mol. The largest absolute Gasteiger partial charge is 0.353 e. The number of aromatic nitrogens is 2. The van der Waals surface area contributed by atoms with Gasteiger partial charge in [-0.05, 0) is 26.2 Å². The van der Waals surface area contributed by atoms with Crippen molar-refractivity contribution in [1.82, 2.24) is 14.9 Å². The van der Waals surface area contributed by atoms with Gasteiger partial charge in [-0.2, -0.15) is 9.37 Å². The lowest BCUT2D eigenvalue weighted by Crippen LogP contribution is -2.21. The van der Waals surface area contributed by atoms with Gasteiger partial charge in [-0.3, -0.25) is 10.1 Å². The molecule has 2 N–H and O–H groups in total. The number of anilines is 3. The first-order valence-corrected chi connectivity index (χ1v) is 8.96. The Morgan fingerprint density at radius 2 is 1.86 bits per heavy atom. The molecule has 0 bridgehead atoms. The van der Waals surface area contributed by atoms with Crippen LogP contribution in [-0.2, 0) is 0 Å². The van der Waals surface area contributed by atoms with Crippen LogP contribution in [0.15, 0.2) is 54.6 Å². The molecule has 0 spiro atoms. The van der Waals surface area contributed by atoms with Crippen molar-refractivity contribution in [3.8, 4) is 11.3 Å². The number of benzene rings is 2. The molecule has 3 rings (SSSR count). The molecule has 0 aliphatic rings. The minimum Gasteiger partial charge on any atom is -0.353 e. The van der Waals surface area contributed by atoms with Crippen LogP contribution in [0.3, 0.4) is 0 Å². The minimum absolute atomic E-state index is 0.357. The van der Waals surface area contributed by atoms with Gasteiger partial charge in [0.05, 0.1) is 10.6 Å². The maximum Gasteiger partial charge on any atom is 0.306 e. The van der Waals surface area contributed by atoms with Crippen LogP contribution in [0.4, 0.5) is 27.5 Å². The lowest BCUT2D eigenvalue weighted by molar-refractivity contribution is -0.387. The Bertz CT molecular complexity index is 998. The number of nitro groups is 1. The molecule has 0 aliphatic carbocycles. The van der Waals surface area contributed by atoms with E-state index >= 15 is 0 Å². The SMILES string of the molecule is CN(C)CCNc1nc(Nc2ccc(F)c([N+](=O)[O-])c2)cc(-c2ccccc2)n1. The highest BCUT2D eigenvalue weighted by Gasteiger charge is 2.15. The maximum absolute atomic E-state index is 13.6. The third-order valence-corrected chi connectivity index (χ3v) is 4.05. The van der Waals surface area contributed by atoms with E-state index in [1.807, 2.05) is 49.3 Å². The van der Waals surface area contributed by atoms with Crippen LogP contribution in [0.5, 0.6) is 0 Å². The smallest absolute Gasteiger partial charge is 0.306 e. The molecular weight excluding hydrogens is 375 g/mol. The van der Waals surface area contributed by atoms with E-state index in [4.69, 9.17) is 0 Å².